The van der Waals surface area contributed by atoms with Crippen LogP contribution in [-0.4, -0.2) is 95.1 Å². The van der Waals surface area contributed by atoms with E-state index in [0.717, 1.165) is 0 Å². The largest absolute Gasteiger partial charge is 0.394 e. The second-order valence-corrected chi connectivity index (χ2v) is 4.80. The van der Waals surface area contributed by atoms with Gasteiger partial charge in [0.1, 0.15) is 36.6 Å². The summed E-state index contributed by atoms with van der Waals surface area (Å²) in [6.45, 7) is -0.645. The zero-order valence-electron chi connectivity index (χ0n) is 10.9. The lowest BCUT2D eigenvalue weighted by atomic mass is 10.0. The Morgan fingerprint density at radius 2 is 1.80 bits per heavy atom. The molecule has 0 unspecified atom stereocenters. The van der Waals surface area contributed by atoms with Gasteiger partial charge in [-0.05, 0) is 0 Å². The number of aliphatic hydroxyl groups excluding tert-OH is 5. The molecule has 9 heteroatoms. The van der Waals surface area contributed by atoms with E-state index in [4.69, 9.17) is 24.1 Å². The van der Waals surface area contributed by atoms with Gasteiger partial charge in [0.05, 0.1) is 13.2 Å². The summed E-state index contributed by atoms with van der Waals surface area (Å²) < 4.78 is 20.5. The summed E-state index contributed by atoms with van der Waals surface area (Å²) in [6.07, 6.45) is -9.21. The van der Waals surface area contributed by atoms with E-state index < -0.39 is 55.8 Å². The van der Waals surface area contributed by atoms with Gasteiger partial charge in [0.25, 0.3) is 0 Å². The van der Waals surface area contributed by atoms with Crippen LogP contribution in [0, 0.1) is 0 Å². The molecule has 0 aromatic carbocycles. The lowest BCUT2D eigenvalue weighted by molar-refractivity contribution is -0.304. The first kappa shape index (κ1) is 16.0. The molecule has 0 aromatic heterocycles. The Labute approximate surface area is 115 Å². The van der Waals surface area contributed by atoms with Crippen molar-refractivity contribution in [2.24, 2.45) is 0 Å². The number of hydrogen-bond acceptors (Lipinski definition) is 9. The zero-order chi connectivity index (χ0) is 14.9. The highest BCUT2D eigenvalue weighted by molar-refractivity contribution is 4.90. The van der Waals surface area contributed by atoms with Crippen LogP contribution in [0.5, 0.6) is 0 Å². The highest BCUT2D eigenvalue weighted by Crippen LogP contribution is 2.27. The Kier molecular flexibility index (Phi) is 5.29. The number of ether oxygens (including phenoxy) is 4. The predicted molar refractivity (Wildman–Crippen MR) is 61.4 cm³/mol. The maximum Gasteiger partial charge on any atom is 0.187 e. The number of aliphatic hydroxyl groups is 5. The quantitative estimate of drug-likeness (QED) is 0.358. The van der Waals surface area contributed by atoms with E-state index in [-0.39, 0.29) is 6.61 Å². The van der Waals surface area contributed by atoms with Gasteiger partial charge < -0.3 is 44.5 Å². The van der Waals surface area contributed by atoms with Crippen LogP contribution in [0.1, 0.15) is 0 Å². The Hall–Kier alpha value is -0.360. The van der Waals surface area contributed by atoms with Crippen molar-refractivity contribution in [2.75, 3.05) is 20.3 Å². The first-order valence-electron chi connectivity index (χ1n) is 6.28. The molecule has 9 nitrogen and oxygen atoms in total. The average Bonchev–Trinajstić information content (AvgIpc) is 2.70. The normalized spacial score (nSPS) is 49.5. The van der Waals surface area contributed by atoms with E-state index in [1.807, 2.05) is 0 Å². The molecular weight excluding hydrogens is 276 g/mol. The first-order chi connectivity index (χ1) is 9.49. The summed E-state index contributed by atoms with van der Waals surface area (Å²) >= 11 is 0. The second kappa shape index (κ2) is 6.60. The highest BCUT2D eigenvalue weighted by atomic mass is 16.7. The van der Waals surface area contributed by atoms with Gasteiger partial charge in [-0.1, -0.05) is 0 Å². The van der Waals surface area contributed by atoms with Crippen molar-refractivity contribution in [3.63, 3.8) is 0 Å². The number of rotatable bonds is 4. The average molecular weight is 296 g/mol. The fourth-order valence-corrected chi connectivity index (χ4v) is 2.30. The van der Waals surface area contributed by atoms with Crippen molar-refractivity contribution in [3.8, 4) is 0 Å². The molecule has 118 valence electrons. The van der Waals surface area contributed by atoms with Crippen LogP contribution in [0.15, 0.2) is 0 Å². The van der Waals surface area contributed by atoms with Gasteiger partial charge in [-0.25, -0.2) is 0 Å². The molecule has 0 aromatic rings. The maximum absolute atomic E-state index is 9.85. The fraction of sp³-hybridized carbons (Fsp3) is 1.00. The van der Waals surface area contributed by atoms with E-state index in [1.165, 1.54) is 7.11 Å². The summed E-state index contributed by atoms with van der Waals surface area (Å²) in [7, 11) is 1.31. The van der Waals surface area contributed by atoms with Crippen LogP contribution in [0.3, 0.4) is 0 Å². The summed E-state index contributed by atoms with van der Waals surface area (Å²) in [5.41, 5.74) is 0. The van der Waals surface area contributed by atoms with Crippen molar-refractivity contribution < 1.29 is 44.5 Å². The van der Waals surface area contributed by atoms with Crippen molar-refractivity contribution >= 4 is 0 Å². The third kappa shape index (κ3) is 2.96. The molecule has 2 saturated heterocycles. The minimum Gasteiger partial charge on any atom is -0.394 e. The molecule has 2 aliphatic rings. The van der Waals surface area contributed by atoms with Crippen LogP contribution in [0.25, 0.3) is 0 Å². The second-order valence-electron chi connectivity index (χ2n) is 4.80. The van der Waals surface area contributed by atoms with Crippen molar-refractivity contribution in [3.05, 3.63) is 0 Å². The molecule has 0 saturated carbocycles. The molecule has 0 radical (unpaired) electrons. The Morgan fingerprint density at radius 1 is 1.10 bits per heavy atom. The topological polar surface area (TPSA) is 138 Å². The SMILES string of the molecule is CO[C@H]1[C@H](O[C@H]2[C@H](O)[C@@H](CO)O[C@H]2O)OC[C@@H](O)[C@@H]1O. The van der Waals surface area contributed by atoms with E-state index in [2.05, 4.69) is 0 Å². The lowest BCUT2D eigenvalue weighted by Gasteiger charge is -2.38. The Morgan fingerprint density at radius 3 is 2.35 bits per heavy atom. The maximum atomic E-state index is 9.85. The molecule has 20 heavy (non-hydrogen) atoms. The van der Waals surface area contributed by atoms with Gasteiger partial charge in [0.2, 0.25) is 0 Å². The summed E-state index contributed by atoms with van der Waals surface area (Å²) in [5, 5.41) is 47.7. The summed E-state index contributed by atoms with van der Waals surface area (Å²) in [6, 6.07) is 0. The highest BCUT2D eigenvalue weighted by Gasteiger charge is 2.48. The molecule has 5 N–H and O–H groups in total. The van der Waals surface area contributed by atoms with Gasteiger partial charge in [0, 0.05) is 7.11 Å². The molecule has 0 aliphatic carbocycles. The summed E-state index contributed by atoms with van der Waals surface area (Å²) in [5.74, 6) is 0. The Balaban J connectivity index is 2.01. The molecular formula is C11H20O9. The number of methoxy groups -OCH3 is 1. The van der Waals surface area contributed by atoms with Crippen molar-refractivity contribution in [1.82, 2.24) is 0 Å². The van der Waals surface area contributed by atoms with E-state index >= 15 is 0 Å². The third-order valence-electron chi connectivity index (χ3n) is 3.49. The van der Waals surface area contributed by atoms with Crippen molar-refractivity contribution in [1.29, 1.82) is 0 Å². The van der Waals surface area contributed by atoms with Gasteiger partial charge in [-0.2, -0.15) is 0 Å². The standard InChI is InChI=1S/C11H20O9/c1-17-9-6(14)4(13)3-18-11(9)20-8-7(15)5(2-12)19-10(8)16/h4-16H,2-3H2,1H3/t4-,5-,6+,7-,8+,9-,10-,11+/m1/s1. The van der Waals surface area contributed by atoms with Crippen LogP contribution in [0.4, 0.5) is 0 Å². The van der Waals surface area contributed by atoms with Gasteiger partial charge in [-0.15, -0.1) is 0 Å². The molecule has 0 spiro atoms. The smallest absolute Gasteiger partial charge is 0.187 e. The zero-order valence-corrected chi connectivity index (χ0v) is 10.9. The minimum atomic E-state index is -1.44. The van der Waals surface area contributed by atoms with E-state index in [9.17, 15) is 20.4 Å². The van der Waals surface area contributed by atoms with Gasteiger partial charge >= 0.3 is 0 Å². The molecule has 2 aliphatic heterocycles. The van der Waals surface area contributed by atoms with Crippen molar-refractivity contribution in [2.45, 2.75) is 49.2 Å². The fourth-order valence-electron chi connectivity index (χ4n) is 2.30. The Bertz CT molecular complexity index is 314. The minimum absolute atomic E-state index is 0.172. The first-order valence-corrected chi connectivity index (χ1v) is 6.28. The number of hydrogen-bond donors (Lipinski definition) is 5. The third-order valence-corrected chi connectivity index (χ3v) is 3.49. The molecule has 2 heterocycles. The van der Waals surface area contributed by atoms with E-state index in [1.54, 1.807) is 0 Å². The molecule has 2 fully saturated rings. The van der Waals surface area contributed by atoms with E-state index in [0.29, 0.717) is 0 Å². The lowest BCUT2D eigenvalue weighted by Crippen LogP contribution is -2.56. The van der Waals surface area contributed by atoms with Crippen LogP contribution < -0.4 is 0 Å². The molecule has 0 bridgehead atoms. The predicted octanol–water partition coefficient (Wildman–Crippen LogP) is -3.46. The van der Waals surface area contributed by atoms with Crippen LogP contribution in [0.2, 0.25) is 0 Å². The van der Waals surface area contributed by atoms with Crippen LogP contribution in [-0.2, 0) is 18.9 Å². The monoisotopic (exact) mass is 296 g/mol. The van der Waals surface area contributed by atoms with Crippen LogP contribution >= 0.6 is 0 Å². The molecule has 2 rings (SSSR count). The molecule has 8 atom stereocenters. The van der Waals surface area contributed by atoms with Gasteiger partial charge in [-0.3, -0.25) is 0 Å². The molecule has 0 amide bonds. The summed E-state index contributed by atoms with van der Waals surface area (Å²) in [4.78, 5) is 0. The van der Waals surface area contributed by atoms with Gasteiger partial charge in [0.15, 0.2) is 12.6 Å².